The van der Waals surface area contributed by atoms with Gasteiger partial charge in [-0.2, -0.15) is 0 Å². The van der Waals surface area contributed by atoms with E-state index in [0.717, 1.165) is 43.4 Å². The number of carbonyl (C=O) groups is 4. The highest BCUT2D eigenvalue weighted by Crippen LogP contribution is 2.31. The lowest BCUT2D eigenvalue weighted by atomic mass is 9.93. The Labute approximate surface area is 232 Å². The molecule has 1 rings (SSSR count). The van der Waals surface area contributed by atoms with Crippen LogP contribution in [0.1, 0.15) is 102 Å². The zero-order chi connectivity index (χ0) is 29.9. The number of rotatable bonds is 12. The molecule has 10 heteroatoms. The fraction of sp³-hybridized carbons (Fsp3) is 0.607. The Morgan fingerprint density at radius 3 is 2.08 bits per heavy atom. The van der Waals surface area contributed by atoms with Gasteiger partial charge in [-0.3, -0.25) is 9.59 Å². The summed E-state index contributed by atoms with van der Waals surface area (Å²) in [5, 5.41) is 7.26. The topological polar surface area (TPSA) is 124 Å². The van der Waals surface area contributed by atoms with Gasteiger partial charge in [-0.25, -0.2) is 9.78 Å². The van der Waals surface area contributed by atoms with E-state index in [2.05, 4.69) is 54.3 Å². The minimum atomic E-state index is -0.777. The molecule has 0 radical (unpaired) electrons. The zero-order valence-corrected chi connectivity index (χ0v) is 25.4. The maximum Gasteiger partial charge on any atom is 0.353 e. The summed E-state index contributed by atoms with van der Waals surface area (Å²) >= 11 is 1.46. The van der Waals surface area contributed by atoms with Crippen LogP contribution in [0.2, 0.25) is 0 Å². The van der Waals surface area contributed by atoms with E-state index in [-0.39, 0.29) is 22.7 Å². The summed E-state index contributed by atoms with van der Waals surface area (Å²) in [6.45, 7) is 21.0. The number of nitrogens with one attached hydrogen (secondary N) is 2. The van der Waals surface area contributed by atoms with Gasteiger partial charge >= 0.3 is 5.97 Å². The summed E-state index contributed by atoms with van der Waals surface area (Å²) in [6, 6.07) is 0. The first kappa shape index (κ1) is 37.3. The molecular weight excluding hydrogens is 506 g/mol. The van der Waals surface area contributed by atoms with Crippen LogP contribution in [-0.4, -0.2) is 48.9 Å². The van der Waals surface area contributed by atoms with Gasteiger partial charge in [0.2, 0.25) is 0 Å². The molecule has 0 aromatic carbocycles. The monoisotopic (exact) mass is 553 g/mol. The molecule has 1 heterocycles. The first-order valence-corrected chi connectivity index (χ1v) is 13.6. The van der Waals surface area contributed by atoms with Crippen molar-refractivity contribution in [2.45, 2.75) is 92.1 Å². The Kier molecular flexibility index (Phi) is 19.8. The van der Waals surface area contributed by atoms with Crippen LogP contribution >= 0.6 is 11.3 Å². The third kappa shape index (κ3) is 16.8. The second kappa shape index (κ2) is 20.2. The number of thiazole rings is 1. The van der Waals surface area contributed by atoms with Gasteiger partial charge in [0.1, 0.15) is 17.7 Å². The average molecular weight is 554 g/mol. The number of aldehydes is 1. The molecule has 0 bridgehead atoms. The lowest BCUT2D eigenvalue weighted by Crippen LogP contribution is -2.35. The summed E-state index contributed by atoms with van der Waals surface area (Å²) in [5.74, 6) is -1.05. The van der Waals surface area contributed by atoms with E-state index in [1.807, 2.05) is 20.8 Å². The van der Waals surface area contributed by atoms with Crippen LogP contribution in [0.25, 0.3) is 0 Å². The van der Waals surface area contributed by atoms with Crippen LogP contribution in [0.5, 0.6) is 0 Å². The van der Waals surface area contributed by atoms with E-state index in [1.165, 1.54) is 25.4 Å². The van der Waals surface area contributed by atoms with Crippen molar-refractivity contribution in [3.63, 3.8) is 0 Å². The van der Waals surface area contributed by atoms with E-state index in [0.29, 0.717) is 11.8 Å². The van der Waals surface area contributed by atoms with E-state index in [9.17, 15) is 14.4 Å². The van der Waals surface area contributed by atoms with Gasteiger partial charge in [0, 0.05) is 18.4 Å². The number of esters is 1. The summed E-state index contributed by atoms with van der Waals surface area (Å²) in [4.78, 5) is 49.0. The highest BCUT2D eigenvalue weighted by Gasteiger charge is 2.20. The third-order valence-electron chi connectivity index (χ3n) is 5.29. The average Bonchev–Trinajstić information content (AvgIpc) is 3.36. The Morgan fingerprint density at radius 2 is 1.63 bits per heavy atom. The van der Waals surface area contributed by atoms with Crippen molar-refractivity contribution in [2.75, 3.05) is 14.2 Å². The highest BCUT2D eigenvalue weighted by molar-refractivity contribution is 7.09. The zero-order valence-electron chi connectivity index (χ0n) is 24.6. The van der Waals surface area contributed by atoms with Gasteiger partial charge in [0.05, 0.1) is 23.4 Å². The first-order chi connectivity index (χ1) is 17.7. The molecule has 0 aliphatic heterocycles. The van der Waals surface area contributed by atoms with Gasteiger partial charge in [0.25, 0.3) is 11.8 Å². The van der Waals surface area contributed by atoms with Crippen LogP contribution < -0.4 is 10.6 Å². The SMILES string of the molecule is C=C(NC(=O)c1csc(C(CCC)CCC(C)CC)n1)C(=O)NC(=C)C(=O)OC.CC=O.COC(C)(C)C. The molecule has 9 nitrogen and oxygen atoms in total. The molecule has 1 aromatic rings. The van der Waals surface area contributed by atoms with Crippen molar-refractivity contribution in [2.24, 2.45) is 5.92 Å². The van der Waals surface area contributed by atoms with Crippen molar-refractivity contribution in [3.8, 4) is 0 Å². The third-order valence-corrected chi connectivity index (χ3v) is 6.30. The Morgan fingerprint density at radius 1 is 1.08 bits per heavy atom. The smallest absolute Gasteiger partial charge is 0.353 e. The molecule has 2 N–H and O–H groups in total. The lowest BCUT2D eigenvalue weighted by molar-refractivity contribution is -0.137. The number of hydrogen-bond acceptors (Lipinski definition) is 8. The van der Waals surface area contributed by atoms with Crippen molar-refractivity contribution in [3.05, 3.63) is 40.6 Å². The molecule has 0 aliphatic carbocycles. The largest absolute Gasteiger partial charge is 0.464 e. The summed E-state index contributed by atoms with van der Waals surface area (Å²) < 4.78 is 9.39. The number of hydrogen-bond donors (Lipinski definition) is 2. The van der Waals surface area contributed by atoms with Crippen LogP contribution in [0, 0.1) is 5.92 Å². The van der Waals surface area contributed by atoms with E-state index in [1.54, 1.807) is 12.5 Å². The van der Waals surface area contributed by atoms with Gasteiger partial charge < -0.3 is 24.9 Å². The highest BCUT2D eigenvalue weighted by atomic mass is 32.1. The first-order valence-electron chi connectivity index (χ1n) is 12.7. The number of aromatic nitrogens is 1. The van der Waals surface area contributed by atoms with Crippen molar-refractivity contribution in [1.29, 1.82) is 0 Å². The van der Waals surface area contributed by atoms with Gasteiger partial charge in [0.15, 0.2) is 0 Å². The molecule has 1 aromatic heterocycles. The van der Waals surface area contributed by atoms with Crippen LogP contribution in [0.4, 0.5) is 0 Å². The molecule has 2 amide bonds. The minimum absolute atomic E-state index is 0.0417. The summed E-state index contributed by atoms with van der Waals surface area (Å²) in [5.41, 5.74) is -0.167. The normalized spacial score (nSPS) is 11.8. The van der Waals surface area contributed by atoms with Gasteiger partial charge in [-0.15, -0.1) is 11.3 Å². The Balaban J connectivity index is 0. The summed E-state index contributed by atoms with van der Waals surface area (Å²) in [6.07, 6.45) is 6.14. The molecule has 0 saturated heterocycles. The quantitative estimate of drug-likeness (QED) is 0.198. The molecule has 2 atom stereocenters. The Bertz CT molecular complexity index is 905. The van der Waals surface area contributed by atoms with Crippen molar-refractivity contribution in [1.82, 2.24) is 15.6 Å². The molecule has 38 heavy (non-hydrogen) atoms. The van der Waals surface area contributed by atoms with Crippen LogP contribution in [-0.2, 0) is 23.9 Å². The molecule has 216 valence electrons. The molecule has 0 spiro atoms. The fourth-order valence-electron chi connectivity index (χ4n) is 2.65. The van der Waals surface area contributed by atoms with Crippen LogP contribution in [0.15, 0.2) is 29.9 Å². The molecule has 0 aliphatic rings. The second-order valence-corrected chi connectivity index (χ2v) is 10.4. The maximum absolute atomic E-state index is 12.4. The molecule has 2 unspecified atom stereocenters. The number of ether oxygens (including phenoxy) is 2. The van der Waals surface area contributed by atoms with Crippen molar-refractivity contribution < 1.29 is 28.7 Å². The second-order valence-electron chi connectivity index (χ2n) is 9.56. The minimum Gasteiger partial charge on any atom is -0.464 e. The molecule has 0 saturated carbocycles. The van der Waals surface area contributed by atoms with E-state index < -0.39 is 17.8 Å². The molecular formula is C28H47N3O6S. The standard InChI is InChI=1S/C21H31N3O4S.C5H12O.C2H4O/c1-7-9-16(11-10-13(3)8-2)20-24-17(12-29-20)19(26)22-14(4)18(25)23-15(5)21(27)28-6;1-5(2,3)6-4;1-2-3/h12-13,16H,4-5,7-11H2,1-3,6H3,(H,22,26)(H,23,25);1-4H3;2H,1H3. The maximum atomic E-state index is 12.4. The number of methoxy groups -OCH3 is 2. The lowest BCUT2D eigenvalue weighted by Gasteiger charge is -2.16. The fourth-order valence-corrected chi connectivity index (χ4v) is 3.62. The predicted octanol–water partition coefficient (Wildman–Crippen LogP) is 5.54. The molecule has 0 fully saturated rings. The van der Waals surface area contributed by atoms with Gasteiger partial charge in [-0.05, 0) is 46.5 Å². The number of carbonyl (C=O) groups excluding carboxylic acids is 4. The van der Waals surface area contributed by atoms with Gasteiger partial charge in [-0.1, -0.05) is 53.2 Å². The number of amides is 2. The Hall–Kier alpha value is -2.85. The number of nitrogens with zero attached hydrogens (tertiary/aromatic N) is 1. The summed E-state index contributed by atoms with van der Waals surface area (Å²) in [7, 11) is 2.88. The van der Waals surface area contributed by atoms with E-state index >= 15 is 0 Å². The van der Waals surface area contributed by atoms with Crippen LogP contribution in [0.3, 0.4) is 0 Å². The predicted molar refractivity (Wildman–Crippen MR) is 153 cm³/mol. The van der Waals surface area contributed by atoms with Crippen molar-refractivity contribution >= 4 is 35.4 Å². The van der Waals surface area contributed by atoms with E-state index in [4.69, 9.17) is 9.53 Å².